The van der Waals surface area contributed by atoms with Crippen LogP contribution in [0.15, 0.2) is 12.4 Å². The minimum Gasteiger partial charge on any atom is -0.358 e. The van der Waals surface area contributed by atoms with Gasteiger partial charge in [-0.1, -0.05) is 6.92 Å². The number of aromatic nitrogens is 2. The van der Waals surface area contributed by atoms with E-state index < -0.39 is 0 Å². The summed E-state index contributed by atoms with van der Waals surface area (Å²) in [6.07, 6.45) is 4.51. The van der Waals surface area contributed by atoms with Gasteiger partial charge in [-0.05, 0) is 13.5 Å². The maximum Gasteiger partial charge on any atom is 0.239 e. The second-order valence-corrected chi connectivity index (χ2v) is 4.02. The fraction of sp³-hybridized carbons (Fsp3) is 0.583. The summed E-state index contributed by atoms with van der Waals surface area (Å²) in [5, 5.41) is 5.65. The molecule has 0 saturated heterocycles. The van der Waals surface area contributed by atoms with Crippen molar-refractivity contribution in [2.24, 2.45) is 0 Å². The van der Waals surface area contributed by atoms with Crippen molar-refractivity contribution in [2.75, 3.05) is 32.1 Å². The summed E-state index contributed by atoms with van der Waals surface area (Å²) < 4.78 is 0. The third kappa shape index (κ3) is 4.29. The number of nitrogens with one attached hydrogen (secondary N) is 2. The molecule has 0 fully saturated rings. The van der Waals surface area contributed by atoms with Crippen LogP contribution in [0.2, 0.25) is 0 Å². The Morgan fingerprint density at radius 2 is 2.00 bits per heavy atom. The minimum atomic E-state index is -0.0358. The number of rotatable bonds is 7. The lowest BCUT2D eigenvalue weighted by Crippen LogP contribution is -2.37. The number of hydrogen-bond donors (Lipinski definition) is 2. The highest BCUT2D eigenvalue weighted by Gasteiger charge is 2.12. The average Bonchev–Trinajstić information content (AvgIpc) is 2.39. The molecule has 6 heteroatoms. The van der Waals surface area contributed by atoms with Crippen molar-refractivity contribution in [1.29, 1.82) is 0 Å². The lowest BCUT2D eigenvalue weighted by atomic mass is 10.3. The van der Waals surface area contributed by atoms with Crippen LogP contribution in [0.3, 0.4) is 0 Å². The van der Waals surface area contributed by atoms with E-state index in [-0.39, 0.29) is 12.5 Å². The van der Waals surface area contributed by atoms with E-state index in [1.807, 2.05) is 11.9 Å². The fourth-order valence-corrected chi connectivity index (χ4v) is 1.58. The number of likely N-dealkylation sites (N-methyl/N-ethyl adjacent to an activating group) is 1. The van der Waals surface area contributed by atoms with Crippen molar-refractivity contribution >= 4 is 11.9 Å². The van der Waals surface area contributed by atoms with Gasteiger partial charge in [0, 0.05) is 38.1 Å². The monoisotopic (exact) mass is 251 g/mol. The maximum absolute atomic E-state index is 11.4. The molecule has 0 radical (unpaired) electrons. The van der Waals surface area contributed by atoms with Crippen LogP contribution in [-0.4, -0.2) is 43.1 Å². The van der Waals surface area contributed by atoms with Gasteiger partial charge in [0.1, 0.15) is 0 Å². The van der Waals surface area contributed by atoms with Gasteiger partial charge < -0.3 is 15.5 Å². The molecule has 1 rings (SSSR count). The Kier molecular flexibility index (Phi) is 6.07. The predicted molar refractivity (Wildman–Crippen MR) is 71.4 cm³/mol. The summed E-state index contributed by atoms with van der Waals surface area (Å²) in [5.74, 6) is 0.562. The topological polar surface area (TPSA) is 70.2 Å². The number of anilines is 1. The van der Waals surface area contributed by atoms with Crippen LogP contribution in [0.4, 0.5) is 5.95 Å². The second-order valence-electron chi connectivity index (χ2n) is 4.02. The second kappa shape index (κ2) is 7.60. The van der Waals surface area contributed by atoms with Crippen LogP contribution in [0.1, 0.15) is 18.9 Å². The van der Waals surface area contributed by atoms with Gasteiger partial charge >= 0.3 is 0 Å². The first kappa shape index (κ1) is 14.4. The Bertz CT molecular complexity index is 365. The van der Waals surface area contributed by atoms with Gasteiger partial charge in [-0.2, -0.15) is 0 Å². The first-order valence-corrected chi connectivity index (χ1v) is 6.12. The number of nitrogens with zero attached hydrogens (tertiary/aromatic N) is 3. The van der Waals surface area contributed by atoms with Crippen LogP contribution in [0.5, 0.6) is 0 Å². The van der Waals surface area contributed by atoms with Crippen LogP contribution in [-0.2, 0) is 11.3 Å². The summed E-state index contributed by atoms with van der Waals surface area (Å²) in [6.45, 7) is 3.85. The molecule has 0 aliphatic rings. The highest BCUT2D eigenvalue weighted by atomic mass is 16.1. The highest BCUT2D eigenvalue weighted by Crippen LogP contribution is 2.07. The van der Waals surface area contributed by atoms with Crippen molar-refractivity contribution < 1.29 is 4.79 Å². The Balaban J connectivity index is 2.75. The Morgan fingerprint density at radius 1 is 1.33 bits per heavy atom. The number of carbonyl (C=O) groups excluding carboxylic acids is 1. The molecule has 0 aromatic carbocycles. The molecule has 0 saturated carbocycles. The zero-order valence-electron chi connectivity index (χ0n) is 11.2. The zero-order valence-corrected chi connectivity index (χ0v) is 11.2. The van der Waals surface area contributed by atoms with E-state index in [2.05, 4.69) is 27.5 Å². The molecule has 0 unspecified atom stereocenters. The molecule has 1 aromatic rings. The van der Waals surface area contributed by atoms with Gasteiger partial charge in [-0.25, -0.2) is 9.97 Å². The predicted octanol–water partition coefficient (Wildman–Crippen LogP) is 0.158. The van der Waals surface area contributed by atoms with Crippen LogP contribution in [0.25, 0.3) is 0 Å². The molecule has 2 N–H and O–H groups in total. The van der Waals surface area contributed by atoms with E-state index in [4.69, 9.17) is 0 Å². The van der Waals surface area contributed by atoms with Crippen molar-refractivity contribution in [2.45, 2.75) is 19.9 Å². The molecule has 18 heavy (non-hydrogen) atoms. The number of carbonyl (C=O) groups is 1. The van der Waals surface area contributed by atoms with Crippen LogP contribution < -0.4 is 15.5 Å². The standard InChI is InChI=1S/C12H21N5O/c1-4-5-17(9-11(18)14-3)12-15-7-10(6-13-2)8-16-12/h7-8,13H,4-6,9H2,1-3H3,(H,14,18). The summed E-state index contributed by atoms with van der Waals surface area (Å²) in [5.41, 5.74) is 1.03. The van der Waals surface area contributed by atoms with E-state index in [0.717, 1.165) is 25.1 Å². The molecule has 0 atom stereocenters. The number of hydrogen-bond acceptors (Lipinski definition) is 5. The van der Waals surface area contributed by atoms with E-state index in [0.29, 0.717) is 5.95 Å². The molecule has 1 amide bonds. The van der Waals surface area contributed by atoms with Gasteiger partial charge in [0.25, 0.3) is 0 Å². The van der Waals surface area contributed by atoms with E-state index in [1.165, 1.54) is 0 Å². The van der Waals surface area contributed by atoms with Gasteiger partial charge in [0.05, 0.1) is 6.54 Å². The fourth-order valence-electron chi connectivity index (χ4n) is 1.58. The zero-order chi connectivity index (χ0) is 13.4. The Morgan fingerprint density at radius 3 is 2.50 bits per heavy atom. The highest BCUT2D eigenvalue weighted by molar-refractivity contribution is 5.80. The van der Waals surface area contributed by atoms with Gasteiger partial charge in [0.15, 0.2) is 0 Å². The van der Waals surface area contributed by atoms with Gasteiger partial charge in [0.2, 0.25) is 11.9 Å². The smallest absolute Gasteiger partial charge is 0.239 e. The molecule has 100 valence electrons. The molecule has 1 heterocycles. The lowest BCUT2D eigenvalue weighted by Gasteiger charge is -2.20. The molecule has 1 aromatic heterocycles. The summed E-state index contributed by atoms with van der Waals surface area (Å²) in [4.78, 5) is 21.9. The Labute approximate surface area is 108 Å². The molecular weight excluding hydrogens is 230 g/mol. The van der Waals surface area contributed by atoms with Crippen LogP contribution >= 0.6 is 0 Å². The van der Waals surface area contributed by atoms with Crippen LogP contribution in [0, 0.1) is 0 Å². The Hall–Kier alpha value is -1.69. The van der Waals surface area contributed by atoms with Crippen molar-refractivity contribution in [3.8, 4) is 0 Å². The first-order valence-electron chi connectivity index (χ1n) is 6.12. The number of amides is 1. The summed E-state index contributed by atoms with van der Waals surface area (Å²) in [7, 11) is 3.51. The molecule has 0 spiro atoms. The molecule has 6 nitrogen and oxygen atoms in total. The van der Waals surface area contributed by atoms with Gasteiger partial charge in [-0.3, -0.25) is 4.79 Å². The average molecular weight is 251 g/mol. The maximum atomic E-state index is 11.4. The van der Waals surface area contributed by atoms with Crippen molar-refractivity contribution in [1.82, 2.24) is 20.6 Å². The molecule has 0 aliphatic heterocycles. The summed E-state index contributed by atoms with van der Waals surface area (Å²) in [6, 6.07) is 0. The third-order valence-corrected chi connectivity index (χ3v) is 2.46. The third-order valence-electron chi connectivity index (χ3n) is 2.46. The van der Waals surface area contributed by atoms with Crippen molar-refractivity contribution in [3.05, 3.63) is 18.0 Å². The minimum absolute atomic E-state index is 0.0358. The molecule has 0 aliphatic carbocycles. The molecular formula is C12H21N5O. The van der Waals surface area contributed by atoms with Gasteiger partial charge in [-0.15, -0.1) is 0 Å². The van der Waals surface area contributed by atoms with E-state index in [1.54, 1.807) is 19.4 Å². The summed E-state index contributed by atoms with van der Waals surface area (Å²) >= 11 is 0. The lowest BCUT2D eigenvalue weighted by molar-refractivity contribution is -0.119. The normalized spacial score (nSPS) is 10.2. The molecule has 0 bridgehead atoms. The largest absolute Gasteiger partial charge is 0.358 e. The van der Waals surface area contributed by atoms with E-state index >= 15 is 0 Å². The SMILES string of the molecule is CCCN(CC(=O)NC)c1ncc(CNC)cn1. The van der Waals surface area contributed by atoms with Crippen molar-refractivity contribution in [3.63, 3.8) is 0 Å². The quantitative estimate of drug-likeness (QED) is 0.722. The first-order chi connectivity index (χ1) is 8.71. The van der Waals surface area contributed by atoms with E-state index in [9.17, 15) is 4.79 Å².